The molecule has 0 aliphatic carbocycles. The summed E-state index contributed by atoms with van der Waals surface area (Å²) in [6.45, 7) is 1.21. The van der Waals surface area contributed by atoms with Crippen LogP contribution in [-0.4, -0.2) is 17.5 Å². The third kappa shape index (κ3) is 2.53. The summed E-state index contributed by atoms with van der Waals surface area (Å²) >= 11 is 0. The molecule has 1 atom stereocenters. The van der Waals surface area contributed by atoms with Crippen molar-refractivity contribution in [2.24, 2.45) is 0 Å². The lowest BCUT2D eigenvalue weighted by Crippen LogP contribution is -2.44. The standard InChI is InChI=1S/C10H9F2NO3/c1-10(5-14,13-9(15)16)6-2-7(11)4-8(12)3-6/h2-5,13H,1H3,(H,15,16). The van der Waals surface area contributed by atoms with Gasteiger partial charge in [-0.15, -0.1) is 0 Å². The smallest absolute Gasteiger partial charge is 0.405 e. The molecule has 0 saturated heterocycles. The van der Waals surface area contributed by atoms with Crippen molar-refractivity contribution in [3.8, 4) is 0 Å². The summed E-state index contributed by atoms with van der Waals surface area (Å²) in [6.07, 6.45) is -1.19. The van der Waals surface area contributed by atoms with Crippen molar-refractivity contribution in [1.29, 1.82) is 0 Å². The molecule has 2 N–H and O–H groups in total. The Morgan fingerprint density at radius 1 is 1.38 bits per heavy atom. The van der Waals surface area contributed by atoms with Crippen molar-refractivity contribution in [1.82, 2.24) is 5.32 Å². The highest BCUT2D eigenvalue weighted by molar-refractivity contribution is 5.76. The lowest BCUT2D eigenvalue weighted by atomic mass is 9.93. The van der Waals surface area contributed by atoms with Crippen molar-refractivity contribution in [3.05, 3.63) is 35.4 Å². The van der Waals surface area contributed by atoms with E-state index in [2.05, 4.69) is 0 Å². The molecule has 0 fully saturated rings. The van der Waals surface area contributed by atoms with Crippen LogP contribution in [0.3, 0.4) is 0 Å². The number of nitrogens with one attached hydrogen (secondary N) is 1. The molecule has 4 nitrogen and oxygen atoms in total. The zero-order valence-corrected chi connectivity index (χ0v) is 8.33. The highest BCUT2D eigenvalue weighted by atomic mass is 19.1. The van der Waals surface area contributed by atoms with E-state index in [1.54, 1.807) is 0 Å². The molecule has 1 amide bonds. The zero-order chi connectivity index (χ0) is 12.3. The van der Waals surface area contributed by atoms with Crippen LogP contribution in [0.2, 0.25) is 0 Å². The van der Waals surface area contributed by atoms with Gasteiger partial charge in [0.2, 0.25) is 0 Å². The van der Waals surface area contributed by atoms with Gasteiger partial charge in [-0.1, -0.05) is 0 Å². The summed E-state index contributed by atoms with van der Waals surface area (Å²) in [5, 5.41) is 10.4. The maximum Gasteiger partial charge on any atom is 0.405 e. The Hall–Kier alpha value is -1.98. The number of hydrogen-bond acceptors (Lipinski definition) is 2. The predicted octanol–water partition coefficient (Wildman–Crippen LogP) is 1.65. The second-order valence-electron chi connectivity index (χ2n) is 3.41. The third-order valence-electron chi connectivity index (χ3n) is 2.06. The van der Waals surface area contributed by atoms with Gasteiger partial charge in [0, 0.05) is 6.07 Å². The maximum atomic E-state index is 12.9. The maximum absolute atomic E-state index is 12.9. The quantitative estimate of drug-likeness (QED) is 0.774. The minimum absolute atomic E-state index is 0.0950. The van der Waals surface area contributed by atoms with Gasteiger partial charge in [-0.3, -0.25) is 0 Å². The monoisotopic (exact) mass is 229 g/mol. The fraction of sp³-hybridized carbons (Fsp3) is 0.200. The van der Waals surface area contributed by atoms with Gasteiger partial charge in [-0.2, -0.15) is 0 Å². The number of benzene rings is 1. The molecule has 1 unspecified atom stereocenters. The number of amides is 1. The van der Waals surface area contributed by atoms with Gasteiger partial charge in [-0.25, -0.2) is 13.6 Å². The van der Waals surface area contributed by atoms with Crippen LogP contribution < -0.4 is 5.32 Å². The van der Waals surface area contributed by atoms with Crippen molar-refractivity contribution in [3.63, 3.8) is 0 Å². The summed E-state index contributed by atoms with van der Waals surface area (Å²) < 4.78 is 25.8. The Kier molecular flexibility index (Phi) is 3.22. The van der Waals surface area contributed by atoms with Crippen molar-refractivity contribution < 1.29 is 23.5 Å². The van der Waals surface area contributed by atoms with Crippen LogP contribution >= 0.6 is 0 Å². The summed E-state index contributed by atoms with van der Waals surface area (Å²) in [5.41, 5.74) is -1.77. The molecule has 86 valence electrons. The van der Waals surface area contributed by atoms with E-state index in [1.165, 1.54) is 6.92 Å². The van der Waals surface area contributed by atoms with E-state index in [4.69, 9.17) is 5.11 Å². The number of hydrogen-bond donors (Lipinski definition) is 2. The van der Waals surface area contributed by atoms with E-state index in [0.717, 1.165) is 12.1 Å². The van der Waals surface area contributed by atoms with Gasteiger partial charge in [0.1, 0.15) is 23.5 Å². The van der Waals surface area contributed by atoms with Crippen LogP contribution in [0.5, 0.6) is 0 Å². The van der Waals surface area contributed by atoms with Gasteiger partial charge in [0.05, 0.1) is 0 Å². The molecule has 1 rings (SSSR count). The molecule has 0 bridgehead atoms. The Bertz CT molecular complexity index is 416. The first-order chi connectivity index (χ1) is 7.37. The SMILES string of the molecule is CC(C=O)(NC(=O)O)c1cc(F)cc(F)c1. The van der Waals surface area contributed by atoms with E-state index in [1.807, 2.05) is 5.32 Å². The van der Waals surface area contributed by atoms with Gasteiger partial charge in [0.25, 0.3) is 0 Å². The molecule has 1 aromatic carbocycles. The van der Waals surface area contributed by atoms with E-state index in [0.29, 0.717) is 6.07 Å². The van der Waals surface area contributed by atoms with Crippen molar-refractivity contribution in [2.45, 2.75) is 12.5 Å². The predicted molar refractivity (Wildman–Crippen MR) is 50.9 cm³/mol. The summed E-state index contributed by atoms with van der Waals surface area (Å²) in [6, 6.07) is 2.43. The van der Waals surface area contributed by atoms with E-state index in [-0.39, 0.29) is 11.8 Å². The van der Waals surface area contributed by atoms with Crippen LogP contribution in [0, 0.1) is 11.6 Å². The van der Waals surface area contributed by atoms with Gasteiger partial charge < -0.3 is 15.2 Å². The molecule has 0 radical (unpaired) electrons. The molecular weight excluding hydrogens is 220 g/mol. The molecule has 0 saturated carbocycles. The molecule has 0 spiro atoms. The zero-order valence-electron chi connectivity index (χ0n) is 8.33. The van der Waals surface area contributed by atoms with Crippen LogP contribution in [0.1, 0.15) is 12.5 Å². The lowest BCUT2D eigenvalue weighted by Gasteiger charge is -2.23. The highest BCUT2D eigenvalue weighted by Gasteiger charge is 2.29. The van der Waals surface area contributed by atoms with E-state index < -0.39 is 23.3 Å². The Labute approximate surface area is 89.9 Å². The summed E-state index contributed by atoms with van der Waals surface area (Å²) in [5.74, 6) is -1.76. The minimum atomic E-state index is -1.67. The number of carboxylic acid groups (broad SMARTS) is 1. The van der Waals surface area contributed by atoms with Crippen LogP contribution in [0.25, 0.3) is 0 Å². The topological polar surface area (TPSA) is 66.4 Å². The number of aldehydes is 1. The van der Waals surface area contributed by atoms with Gasteiger partial charge >= 0.3 is 6.09 Å². The summed E-state index contributed by atoms with van der Waals surface area (Å²) in [4.78, 5) is 21.3. The van der Waals surface area contributed by atoms with Gasteiger partial charge in [-0.05, 0) is 24.6 Å². The normalized spacial score (nSPS) is 13.9. The fourth-order valence-corrected chi connectivity index (χ4v) is 1.25. The Morgan fingerprint density at radius 3 is 2.25 bits per heavy atom. The number of carbonyl (C=O) groups is 2. The van der Waals surface area contributed by atoms with Gasteiger partial charge in [0.15, 0.2) is 0 Å². The van der Waals surface area contributed by atoms with Crippen molar-refractivity contribution >= 4 is 12.4 Å². The second kappa shape index (κ2) is 4.26. The average molecular weight is 229 g/mol. The molecule has 0 heterocycles. The third-order valence-corrected chi connectivity index (χ3v) is 2.06. The largest absolute Gasteiger partial charge is 0.465 e. The minimum Gasteiger partial charge on any atom is -0.465 e. The number of rotatable bonds is 3. The molecule has 16 heavy (non-hydrogen) atoms. The first kappa shape index (κ1) is 12.1. The number of halogens is 2. The first-order valence-corrected chi connectivity index (χ1v) is 4.31. The van der Waals surface area contributed by atoms with E-state index in [9.17, 15) is 18.4 Å². The average Bonchev–Trinajstić information content (AvgIpc) is 2.15. The first-order valence-electron chi connectivity index (χ1n) is 4.31. The second-order valence-corrected chi connectivity index (χ2v) is 3.41. The van der Waals surface area contributed by atoms with Crippen LogP contribution in [0.15, 0.2) is 18.2 Å². The fourth-order valence-electron chi connectivity index (χ4n) is 1.25. The molecule has 0 aliphatic heterocycles. The highest BCUT2D eigenvalue weighted by Crippen LogP contribution is 2.20. The summed E-state index contributed by atoms with van der Waals surface area (Å²) in [7, 11) is 0. The number of carbonyl (C=O) groups excluding carboxylic acids is 1. The van der Waals surface area contributed by atoms with Crippen molar-refractivity contribution in [2.75, 3.05) is 0 Å². The Morgan fingerprint density at radius 2 is 1.88 bits per heavy atom. The molecular formula is C10H9F2NO3. The molecule has 1 aromatic rings. The molecule has 0 aromatic heterocycles. The Balaban J connectivity index is 3.21. The van der Waals surface area contributed by atoms with Crippen LogP contribution in [-0.2, 0) is 10.3 Å². The lowest BCUT2D eigenvalue weighted by molar-refractivity contribution is -0.112. The molecule has 0 aliphatic rings. The van der Waals surface area contributed by atoms with Crippen LogP contribution in [0.4, 0.5) is 13.6 Å². The van der Waals surface area contributed by atoms with E-state index >= 15 is 0 Å². The molecule has 6 heteroatoms.